The molecule has 5 nitrogen and oxygen atoms in total. The van der Waals surface area contributed by atoms with E-state index < -0.39 is 0 Å². The molecule has 0 radical (unpaired) electrons. The zero-order chi connectivity index (χ0) is 24.7. The molecule has 0 unspecified atom stereocenters. The lowest BCUT2D eigenvalue weighted by Crippen LogP contribution is -2.17. The number of aromatic nitrogens is 1. The Morgan fingerprint density at radius 1 is 0.722 bits per heavy atom. The van der Waals surface area contributed by atoms with Gasteiger partial charge in [0.25, 0.3) is 5.91 Å². The molecule has 1 aromatic heterocycles. The average Bonchev–Trinajstić information content (AvgIpc) is 3.39. The first-order valence-corrected chi connectivity index (χ1v) is 11.6. The molecule has 0 saturated heterocycles. The molecule has 0 bridgehead atoms. The highest BCUT2D eigenvalue weighted by Gasteiger charge is 2.14. The summed E-state index contributed by atoms with van der Waals surface area (Å²) in [6.07, 6.45) is 1.57. The molecule has 0 saturated carbocycles. The lowest BCUT2D eigenvalue weighted by Gasteiger charge is -2.15. The van der Waals surface area contributed by atoms with E-state index in [0.29, 0.717) is 11.3 Å². The molecular weight excluding hydrogens is 446 g/mol. The van der Waals surface area contributed by atoms with E-state index in [-0.39, 0.29) is 5.91 Å². The first-order chi connectivity index (χ1) is 17.7. The number of nitrogens with zero attached hydrogens (tertiary/aromatic N) is 2. The lowest BCUT2D eigenvalue weighted by atomic mass is 10.1. The van der Waals surface area contributed by atoms with Crippen LogP contribution in [0.5, 0.6) is 5.75 Å². The second kappa shape index (κ2) is 10.6. The van der Waals surface area contributed by atoms with E-state index in [1.54, 1.807) is 13.3 Å². The molecule has 0 fully saturated rings. The van der Waals surface area contributed by atoms with E-state index in [1.807, 2.05) is 84.9 Å². The van der Waals surface area contributed by atoms with E-state index in [0.717, 1.165) is 33.8 Å². The molecule has 0 spiro atoms. The zero-order valence-corrected chi connectivity index (χ0v) is 19.8. The normalized spacial score (nSPS) is 10.9. The number of nitrogens with one attached hydrogen (secondary N) is 1. The number of methoxy groups -OCH3 is 1. The van der Waals surface area contributed by atoms with Gasteiger partial charge in [-0.2, -0.15) is 5.10 Å². The predicted octanol–water partition coefficient (Wildman–Crippen LogP) is 6.58. The van der Waals surface area contributed by atoms with Crippen LogP contribution in [0.15, 0.2) is 126 Å². The topological polar surface area (TPSA) is 55.6 Å². The minimum atomic E-state index is -0.285. The maximum absolute atomic E-state index is 12.7. The Hall–Kier alpha value is -4.90. The van der Waals surface area contributed by atoms with Crippen molar-refractivity contribution in [3.8, 4) is 34.0 Å². The molecule has 1 amide bonds. The average molecular weight is 472 g/mol. The van der Waals surface area contributed by atoms with Gasteiger partial charge < -0.3 is 9.30 Å². The SMILES string of the molecule is COc1ccccc1C=NNC(=O)c1ccc(-n2c(-c3ccccc3)ccc2-c2ccccc2)cc1. The number of para-hydroxylation sites is 1. The number of ether oxygens (including phenoxy) is 1. The molecule has 0 aliphatic rings. The fourth-order valence-corrected chi connectivity index (χ4v) is 4.14. The van der Waals surface area contributed by atoms with E-state index in [9.17, 15) is 4.79 Å². The third-order valence-corrected chi connectivity index (χ3v) is 5.92. The zero-order valence-electron chi connectivity index (χ0n) is 19.8. The van der Waals surface area contributed by atoms with Crippen molar-refractivity contribution in [3.05, 3.63) is 132 Å². The number of carbonyl (C=O) groups is 1. The molecule has 0 aliphatic carbocycles. The summed E-state index contributed by atoms with van der Waals surface area (Å²) in [6.45, 7) is 0. The third kappa shape index (κ3) is 4.81. The summed E-state index contributed by atoms with van der Waals surface area (Å²) in [4.78, 5) is 12.7. The largest absolute Gasteiger partial charge is 0.496 e. The van der Waals surface area contributed by atoms with Crippen LogP contribution < -0.4 is 10.2 Å². The fraction of sp³-hybridized carbons (Fsp3) is 0.0323. The Balaban J connectivity index is 1.43. The van der Waals surface area contributed by atoms with Crippen molar-refractivity contribution >= 4 is 12.1 Å². The number of hydrogen-bond acceptors (Lipinski definition) is 3. The highest BCUT2D eigenvalue weighted by atomic mass is 16.5. The van der Waals surface area contributed by atoms with Gasteiger partial charge in [0.05, 0.1) is 24.7 Å². The van der Waals surface area contributed by atoms with E-state index in [4.69, 9.17) is 4.74 Å². The smallest absolute Gasteiger partial charge is 0.271 e. The quantitative estimate of drug-likeness (QED) is 0.215. The number of rotatable bonds is 7. The molecule has 5 rings (SSSR count). The molecule has 0 aliphatic heterocycles. The molecule has 5 aromatic rings. The maximum Gasteiger partial charge on any atom is 0.271 e. The van der Waals surface area contributed by atoms with Crippen LogP contribution in [0, 0.1) is 0 Å². The second-order valence-electron chi connectivity index (χ2n) is 8.16. The Labute approximate surface area is 210 Å². The summed E-state index contributed by atoms with van der Waals surface area (Å²) in [5, 5.41) is 4.10. The molecule has 0 atom stereocenters. The number of amides is 1. The summed E-state index contributed by atoms with van der Waals surface area (Å²) >= 11 is 0. The lowest BCUT2D eigenvalue weighted by molar-refractivity contribution is 0.0955. The minimum Gasteiger partial charge on any atom is -0.496 e. The van der Waals surface area contributed by atoms with Crippen LogP contribution in [0.3, 0.4) is 0 Å². The van der Waals surface area contributed by atoms with Crippen molar-refractivity contribution in [2.24, 2.45) is 5.10 Å². The predicted molar refractivity (Wildman–Crippen MR) is 145 cm³/mol. The van der Waals surface area contributed by atoms with Crippen LogP contribution >= 0.6 is 0 Å². The van der Waals surface area contributed by atoms with Gasteiger partial charge in [0, 0.05) is 16.8 Å². The van der Waals surface area contributed by atoms with Crippen LogP contribution in [0.1, 0.15) is 15.9 Å². The molecular formula is C31H25N3O2. The number of benzene rings is 4. The molecule has 4 aromatic carbocycles. The van der Waals surface area contributed by atoms with E-state index in [2.05, 4.69) is 51.5 Å². The third-order valence-electron chi connectivity index (χ3n) is 5.92. The summed E-state index contributed by atoms with van der Waals surface area (Å²) in [6, 6.07) is 39.8. The van der Waals surface area contributed by atoms with Gasteiger partial charge in [0.2, 0.25) is 0 Å². The summed E-state index contributed by atoms with van der Waals surface area (Å²) in [5.74, 6) is 0.404. The fourth-order valence-electron chi connectivity index (χ4n) is 4.14. The Kier molecular flexibility index (Phi) is 6.72. The Bertz CT molecular complexity index is 1430. The minimum absolute atomic E-state index is 0.285. The summed E-state index contributed by atoms with van der Waals surface area (Å²) in [5.41, 5.74) is 9.25. The molecule has 1 N–H and O–H groups in total. The molecule has 5 heteroatoms. The Morgan fingerprint density at radius 3 is 1.86 bits per heavy atom. The van der Waals surface area contributed by atoms with Crippen LogP contribution in [-0.4, -0.2) is 23.8 Å². The first-order valence-electron chi connectivity index (χ1n) is 11.6. The van der Waals surface area contributed by atoms with Crippen molar-refractivity contribution in [1.29, 1.82) is 0 Å². The van der Waals surface area contributed by atoms with Gasteiger partial charge in [-0.1, -0.05) is 72.8 Å². The molecule has 36 heavy (non-hydrogen) atoms. The van der Waals surface area contributed by atoms with Crippen LogP contribution in [-0.2, 0) is 0 Å². The number of hydrogen-bond donors (Lipinski definition) is 1. The maximum atomic E-state index is 12.7. The summed E-state index contributed by atoms with van der Waals surface area (Å²) < 4.78 is 7.53. The second-order valence-corrected chi connectivity index (χ2v) is 8.16. The molecule has 176 valence electrons. The van der Waals surface area contributed by atoms with Gasteiger partial charge in [-0.15, -0.1) is 0 Å². The van der Waals surface area contributed by atoms with Gasteiger partial charge in [-0.25, -0.2) is 5.43 Å². The summed E-state index contributed by atoms with van der Waals surface area (Å²) in [7, 11) is 1.60. The van der Waals surface area contributed by atoms with E-state index >= 15 is 0 Å². The van der Waals surface area contributed by atoms with Crippen LogP contribution in [0.25, 0.3) is 28.2 Å². The van der Waals surface area contributed by atoms with Gasteiger partial charge in [0.1, 0.15) is 5.75 Å². The monoisotopic (exact) mass is 471 g/mol. The highest BCUT2D eigenvalue weighted by Crippen LogP contribution is 2.32. The van der Waals surface area contributed by atoms with Gasteiger partial charge in [-0.05, 0) is 59.7 Å². The highest BCUT2D eigenvalue weighted by molar-refractivity contribution is 5.95. The first kappa shape index (κ1) is 22.9. The van der Waals surface area contributed by atoms with Crippen LogP contribution in [0.4, 0.5) is 0 Å². The van der Waals surface area contributed by atoms with Gasteiger partial charge in [0.15, 0.2) is 0 Å². The van der Waals surface area contributed by atoms with Crippen molar-refractivity contribution in [2.45, 2.75) is 0 Å². The van der Waals surface area contributed by atoms with E-state index in [1.165, 1.54) is 0 Å². The van der Waals surface area contributed by atoms with Crippen molar-refractivity contribution < 1.29 is 9.53 Å². The number of carbonyl (C=O) groups excluding carboxylic acids is 1. The van der Waals surface area contributed by atoms with Crippen molar-refractivity contribution in [3.63, 3.8) is 0 Å². The number of hydrazone groups is 1. The Morgan fingerprint density at radius 2 is 1.28 bits per heavy atom. The van der Waals surface area contributed by atoms with Crippen molar-refractivity contribution in [1.82, 2.24) is 9.99 Å². The molecule has 1 heterocycles. The standard InChI is InChI=1S/C31H25N3O2/c1-36-30-15-9-8-14-26(30)22-32-33-31(35)25-16-18-27(19-17-25)34-28(23-10-4-2-5-11-23)20-21-29(34)24-12-6-3-7-13-24/h2-22H,1H3,(H,33,35). The van der Waals surface area contributed by atoms with Crippen molar-refractivity contribution in [2.75, 3.05) is 7.11 Å². The van der Waals surface area contributed by atoms with Crippen LogP contribution in [0.2, 0.25) is 0 Å². The van der Waals surface area contributed by atoms with Gasteiger partial charge in [-0.3, -0.25) is 4.79 Å². The van der Waals surface area contributed by atoms with Gasteiger partial charge >= 0.3 is 0 Å².